The van der Waals surface area contributed by atoms with Crippen LogP contribution >= 0.6 is 0 Å². The van der Waals surface area contributed by atoms with Gasteiger partial charge < -0.3 is 10.4 Å². The topological polar surface area (TPSA) is 45.1 Å². The highest BCUT2D eigenvalue weighted by molar-refractivity contribution is 5.36. The zero-order chi connectivity index (χ0) is 11.6. The van der Waals surface area contributed by atoms with E-state index in [2.05, 4.69) is 10.3 Å². The van der Waals surface area contributed by atoms with E-state index in [9.17, 15) is 18.3 Å². The number of nitrogens with one attached hydrogen (secondary N) is 1. The molecule has 0 atom stereocenters. The summed E-state index contributed by atoms with van der Waals surface area (Å²) in [6, 6.07) is 0.398. The molecule has 15 heavy (non-hydrogen) atoms. The van der Waals surface area contributed by atoms with Gasteiger partial charge >= 0.3 is 0 Å². The van der Waals surface area contributed by atoms with Gasteiger partial charge in [-0.2, -0.15) is 9.37 Å². The SMILES string of the molecule is CC(C)(O)CNc1nc(F)c(F)cc1F. The molecule has 0 fully saturated rings. The van der Waals surface area contributed by atoms with E-state index in [0.717, 1.165) is 0 Å². The fraction of sp³-hybridized carbons (Fsp3) is 0.444. The maximum atomic E-state index is 13.0. The first-order valence-electron chi connectivity index (χ1n) is 4.27. The average molecular weight is 220 g/mol. The second-order valence-corrected chi connectivity index (χ2v) is 3.76. The van der Waals surface area contributed by atoms with Crippen LogP contribution in [0.4, 0.5) is 19.0 Å². The van der Waals surface area contributed by atoms with Crippen LogP contribution in [0.1, 0.15) is 13.8 Å². The number of hydrogen-bond acceptors (Lipinski definition) is 3. The third-order valence-electron chi connectivity index (χ3n) is 1.58. The molecule has 0 aromatic carbocycles. The molecule has 1 rings (SSSR count). The minimum atomic E-state index is -1.38. The summed E-state index contributed by atoms with van der Waals surface area (Å²) >= 11 is 0. The highest BCUT2D eigenvalue weighted by Gasteiger charge is 2.16. The fourth-order valence-electron chi connectivity index (χ4n) is 0.868. The number of halogens is 3. The molecular formula is C9H11F3N2O. The number of aromatic nitrogens is 1. The molecule has 0 aliphatic carbocycles. The lowest BCUT2D eigenvalue weighted by Crippen LogP contribution is -2.30. The molecule has 0 unspecified atom stereocenters. The molecule has 2 N–H and O–H groups in total. The van der Waals surface area contributed by atoms with Crippen LogP contribution in [0.15, 0.2) is 6.07 Å². The molecule has 0 aliphatic heterocycles. The van der Waals surface area contributed by atoms with Gasteiger partial charge in [0.15, 0.2) is 17.5 Å². The second kappa shape index (κ2) is 4.06. The van der Waals surface area contributed by atoms with Gasteiger partial charge in [-0.25, -0.2) is 8.78 Å². The molecule has 0 radical (unpaired) electrons. The Hall–Kier alpha value is -1.30. The summed E-state index contributed by atoms with van der Waals surface area (Å²) in [4.78, 5) is 3.04. The Bertz CT molecular complexity index is 363. The van der Waals surface area contributed by atoms with Crippen LogP contribution in [0.25, 0.3) is 0 Å². The average Bonchev–Trinajstić information content (AvgIpc) is 2.07. The van der Waals surface area contributed by atoms with Gasteiger partial charge in [-0.05, 0) is 13.8 Å². The first-order valence-corrected chi connectivity index (χ1v) is 4.27. The zero-order valence-electron chi connectivity index (χ0n) is 8.31. The minimum absolute atomic E-state index is 0.0258. The molecule has 6 heteroatoms. The lowest BCUT2D eigenvalue weighted by atomic mass is 10.1. The van der Waals surface area contributed by atoms with Gasteiger partial charge in [0.2, 0.25) is 0 Å². The molecule has 0 saturated carbocycles. The van der Waals surface area contributed by atoms with Crippen molar-refractivity contribution in [3.05, 3.63) is 23.6 Å². The van der Waals surface area contributed by atoms with E-state index in [1.165, 1.54) is 13.8 Å². The van der Waals surface area contributed by atoms with E-state index in [0.29, 0.717) is 6.07 Å². The number of hydrogen-bond donors (Lipinski definition) is 2. The standard InChI is InChI=1S/C9H11F3N2O/c1-9(2,15)4-13-8-6(11)3-5(10)7(12)14-8/h3,15H,4H2,1-2H3,(H,13,14). The lowest BCUT2D eigenvalue weighted by molar-refractivity contribution is 0.0943. The Labute approximate surface area is 85.0 Å². The fourth-order valence-corrected chi connectivity index (χ4v) is 0.868. The molecule has 1 aromatic rings. The Morgan fingerprint density at radius 3 is 2.47 bits per heavy atom. The summed E-state index contributed by atoms with van der Waals surface area (Å²) in [6.07, 6.45) is 0. The lowest BCUT2D eigenvalue weighted by Gasteiger charge is -2.18. The summed E-state index contributed by atoms with van der Waals surface area (Å²) in [7, 11) is 0. The van der Waals surface area contributed by atoms with Crippen LogP contribution in [-0.4, -0.2) is 22.2 Å². The van der Waals surface area contributed by atoms with E-state index in [4.69, 9.17) is 0 Å². The summed E-state index contributed by atoms with van der Waals surface area (Å²) < 4.78 is 38.1. The molecule has 84 valence electrons. The maximum absolute atomic E-state index is 13.0. The van der Waals surface area contributed by atoms with Crippen LogP contribution in [0, 0.1) is 17.6 Å². The molecular weight excluding hydrogens is 209 g/mol. The van der Waals surface area contributed by atoms with Gasteiger partial charge in [0.25, 0.3) is 5.95 Å². The Kier molecular flexibility index (Phi) is 3.18. The van der Waals surface area contributed by atoms with Crippen molar-refractivity contribution >= 4 is 5.82 Å². The van der Waals surface area contributed by atoms with Crippen LogP contribution in [0.2, 0.25) is 0 Å². The van der Waals surface area contributed by atoms with Crippen LogP contribution in [0.3, 0.4) is 0 Å². The van der Waals surface area contributed by atoms with Crippen molar-refractivity contribution < 1.29 is 18.3 Å². The maximum Gasteiger partial charge on any atom is 0.251 e. The third kappa shape index (κ3) is 3.39. The summed E-state index contributed by atoms with van der Waals surface area (Å²) in [6.45, 7) is 2.94. The van der Waals surface area contributed by atoms with Gasteiger partial charge in [-0.15, -0.1) is 0 Å². The van der Waals surface area contributed by atoms with E-state index in [-0.39, 0.29) is 6.54 Å². The molecule has 0 aliphatic rings. The Balaban J connectivity index is 2.82. The molecule has 0 amide bonds. The minimum Gasteiger partial charge on any atom is -0.389 e. The Morgan fingerprint density at radius 2 is 1.93 bits per heavy atom. The first kappa shape index (κ1) is 11.8. The van der Waals surface area contributed by atoms with Crippen molar-refractivity contribution in [3.63, 3.8) is 0 Å². The predicted molar refractivity (Wildman–Crippen MR) is 48.9 cm³/mol. The summed E-state index contributed by atoms with van der Waals surface area (Å²) in [5.41, 5.74) is -1.10. The van der Waals surface area contributed by atoms with Crippen molar-refractivity contribution in [1.82, 2.24) is 4.98 Å². The van der Waals surface area contributed by atoms with Crippen LogP contribution in [-0.2, 0) is 0 Å². The van der Waals surface area contributed by atoms with Crippen molar-refractivity contribution in [2.45, 2.75) is 19.4 Å². The first-order chi connectivity index (χ1) is 6.79. The molecule has 0 saturated heterocycles. The number of rotatable bonds is 3. The zero-order valence-corrected chi connectivity index (χ0v) is 8.31. The van der Waals surface area contributed by atoms with E-state index < -0.39 is 29.0 Å². The number of aliphatic hydroxyl groups is 1. The van der Waals surface area contributed by atoms with Crippen molar-refractivity contribution in [1.29, 1.82) is 0 Å². The number of anilines is 1. The van der Waals surface area contributed by atoms with Crippen LogP contribution < -0.4 is 5.32 Å². The largest absolute Gasteiger partial charge is 0.389 e. The van der Waals surface area contributed by atoms with Gasteiger partial charge in [-0.3, -0.25) is 0 Å². The van der Waals surface area contributed by atoms with E-state index >= 15 is 0 Å². The van der Waals surface area contributed by atoms with Gasteiger partial charge in [-0.1, -0.05) is 0 Å². The smallest absolute Gasteiger partial charge is 0.251 e. The molecule has 0 spiro atoms. The molecule has 1 heterocycles. The third-order valence-corrected chi connectivity index (χ3v) is 1.58. The van der Waals surface area contributed by atoms with E-state index in [1.807, 2.05) is 0 Å². The number of pyridine rings is 1. The van der Waals surface area contributed by atoms with Gasteiger partial charge in [0.05, 0.1) is 5.60 Å². The molecule has 1 aromatic heterocycles. The van der Waals surface area contributed by atoms with E-state index in [1.54, 1.807) is 0 Å². The van der Waals surface area contributed by atoms with Crippen LogP contribution in [0.5, 0.6) is 0 Å². The van der Waals surface area contributed by atoms with Crippen molar-refractivity contribution in [3.8, 4) is 0 Å². The normalized spacial score (nSPS) is 11.6. The highest BCUT2D eigenvalue weighted by Crippen LogP contribution is 2.15. The Morgan fingerprint density at radius 1 is 1.33 bits per heavy atom. The summed E-state index contributed by atoms with van der Waals surface area (Å²) in [5, 5.41) is 11.7. The van der Waals surface area contributed by atoms with Crippen molar-refractivity contribution in [2.75, 3.05) is 11.9 Å². The predicted octanol–water partition coefficient (Wildman–Crippen LogP) is 1.68. The van der Waals surface area contributed by atoms with Crippen molar-refractivity contribution in [2.24, 2.45) is 0 Å². The molecule has 0 bridgehead atoms. The number of nitrogens with zero attached hydrogens (tertiary/aromatic N) is 1. The molecule has 3 nitrogen and oxygen atoms in total. The van der Waals surface area contributed by atoms with Gasteiger partial charge in [0.1, 0.15) is 0 Å². The summed E-state index contributed by atoms with van der Waals surface area (Å²) in [5.74, 6) is -4.15. The highest BCUT2D eigenvalue weighted by atomic mass is 19.2. The monoisotopic (exact) mass is 220 g/mol. The second-order valence-electron chi connectivity index (χ2n) is 3.76. The van der Waals surface area contributed by atoms with Gasteiger partial charge in [0, 0.05) is 12.6 Å². The quantitative estimate of drug-likeness (QED) is 0.762.